The molecule has 1 aliphatic heterocycles. The maximum Gasteiger partial charge on any atom is 0.220 e. The lowest BCUT2D eigenvalue weighted by Gasteiger charge is -2.41. The van der Waals surface area contributed by atoms with Crippen LogP contribution in [0.4, 0.5) is 0 Å². The van der Waals surface area contributed by atoms with Gasteiger partial charge in [0.25, 0.3) is 0 Å². The average molecular weight is 373 g/mol. The van der Waals surface area contributed by atoms with Crippen LogP contribution >= 0.6 is 0 Å². The second-order valence-corrected chi connectivity index (χ2v) is 9.12. The van der Waals surface area contributed by atoms with Crippen molar-refractivity contribution in [1.29, 1.82) is 0 Å². The topological polar surface area (TPSA) is 3.88 Å². The summed E-state index contributed by atoms with van der Waals surface area (Å²) in [5, 5.41) is 2.74. The van der Waals surface area contributed by atoms with Crippen molar-refractivity contribution in [3.63, 3.8) is 0 Å². The summed E-state index contributed by atoms with van der Waals surface area (Å²) in [6.07, 6.45) is 4.66. The van der Waals surface area contributed by atoms with E-state index in [4.69, 9.17) is 0 Å². The van der Waals surface area contributed by atoms with Crippen LogP contribution < -0.4 is 4.57 Å². The molecule has 0 aliphatic carbocycles. The number of aryl methyl sites for hydroxylation is 2. The number of nitrogens with zero attached hydrogens (tertiary/aromatic N) is 1. The molecule has 3 aromatic rings. The van der Waals surface area contributed by atoms with Crippen molar-refractivity contribution in [2.75, 3.05) is 0 Å². The molecule has 28 heavy (non-hydrogen) atoms. The van der Waals surface area contributed by atoms with Gasteiger partial charge in [0.1, 0.15) is 0 Å². The summed E-state index contributed by atoms with van der Waals surface area (Å²) in [7, 11) is 0. The van der Waals surface area contributed by atoms with E-state index < -0.39 is 0 Å². The smallest absolute Gasteiger partial charge is 0.194 e. The first-order valence-electron chi connectivity index (χ1n) is 10.9. The van der Waals surface area contributed by atoms with Crippen LogP contribution in [0.3, 0.4) is 0 Å². The van der Waals surface area contributed by atoms with E-state index in [0.717, 1.165) is 12.8 Å². The maximum atomic E-state index is 2.57. The second-order valence-electron chi connectivity index (χ2n) is 9.12. The quantitative estimate of drug-likeness (QED) is 0.429. The molecule has 0 bridgehead atoms. The molecular formula is C27H34N+. The van der Waals surface area contributed by atoms with E-state index in [-0.39, 0.29) is 5.41 Å². The second kappa shape index (κ2) is 6.72. The molecule has 1 aromatic heterocycles. The molecule has 0 radical (unpaired) electrons. The van der Waals surface area contributed by atoms with Gasteiger partial charge in [0.15, 0.2) is 12.2 Å². The summed E-state index contributed by atoms with van der Waals surface area (Å²) < 4.78 is 2.57. The highest BCUT2D eigenvalue weighted by Crippen LogP contribution is 2.50. The minimum absolute atomic E-state index is 0.189. The molecular weight excluding hydrogens is 338 g/mol. The Hall–Kier alpha value is -2.15. The van der Waals surface area contributed by atoms with Crippen molar-refractivity contribution < 1.29 is 4.57 Å². The molecule has 1 heteroatoms. The third kappa shape index (κ3) is 2.55. The molecule has 2 aromatic carbocycles. The summed E-state index contributed by atoms with van der Waals surface area (Å²) in [5.41, 5.74) is 8.86. The van der Waals surface area contributed by atoms with Crippen LogP contribution in [0.5, 0.6) is 0 Å². The number of pyridine rings is 1. The molecule has 146 valence electrons. The zero-order valence-electron chi connectivity index (χ0n) is 18.6. The third-order valence-electron chi connectivity index (χ3n) is 7.38. The molecule has 1 aliphatic rings. The summed E-state index contributed by atoms with van der Waals surface area (Å²) >= 11 is 0. The number of fused-ring (bicyclic) bond motifs is 5. The Morgan fingerprint density at radius 2 is 1.71 bits per heavy atom. The van der Waals surface area contributed by atoms with Crippen molar-refractivity contribution in [1.82, 2.24) is 0 Å². The molecule has 1 nitrogen and oxygen atoms in total. The molecule has 4 rings (SSSR count). The highest BCUT2D eigenvalue weighted by Gasteiger charge is 2.49. The standard InChI is InChI=1S/C27H34N/c1-8-27(9-2)20(7)28-13-12-21-10-11-22(17(3)4)16-23(21)26(28)24-15-18(5)14-19(6)25(24)27/h10-17,20H,8-9H2,1-7H3/q+1. The molecule has 0 spiro atoms. The third-order valence-corrected chi connectivity index (χ3v) is 7.38. The Balaban J connectivity index is 2.17. The molecule has 0 fully saturated rings. The Bertz CT molecular complexity index is 1050. The van der Waals surface area contributed by atoms with Gasteiger partial charge in [0.2, 0.25) is 5.69 Å². The van der Waals surface area contributed by atoms with Gasteiger partial charge in [-0.2, -0.15) is 4.57 Å². The monoisotopic (exact) mass is 372 g/mol. The van der Waals surface area contributed by atoms with Crippen LogP contribution in [0.2, 0.25) is 0 Å². The fourth-order valence-corrected chi connectivity index (χ4v) is 5.75. The predicted molar refractivity (Wildman–Crippen MR) is 120 cm³/mol. The summed E-state index contributed by atoms with van der Waals surface area (Å²) in [6.45, 7) is 16.3. The molecule has 1 unspecified atom stereocenters. The molecule has 0 saturated heterocycles. The Morgan fingerprint density at radius 3 is 2.36 bits per heavy atom. The first-order valence-corrected chi connectivity index (χ1v) is 10.9. The lowest BCUT2D eigenvalue weighted by atomic mass is 9.64. The fraction of sp³-hybridized carbons (Fsp3) is 0.444. The van der Waals surface area contributed by atoms with Gasteiger partial charge < -0.3 is 0 Å². The Kier molecular flexibility index (Phi) is 4.61. The van der Waals surface area contributed by atoms with Crippen LogP contribution in [0.25, 0.3) is 22.0 Å². The Labute approximate surface area is 170 Å². The summed E-state index contributed by atoms with van der Waals surface area (Å²) in [6, 6.07) is 14.6. The van der Waals surface area contributed by atoms with E-state index in [2.05, 4.69) is 95.6 Å². The van der Waals surface area contributed by atoms with Gasteiger partial charge in [-0.1, -0.05) is 51.5 Å². The van der Waals surface area contributed by atoms with Gasteiger partial charge in [-0.05, 0) is 73.7 Å². The molecule has 1 atom stereocenters. The van der Waals surface area contributed by atoms with Crippen molar-refractivity contribution >= 4 is 10.8 Å². The first-order chi connectivity index (χ1) is 13.3. The minimum atomic E-state index is 0.189. The van der Waals surface area contributed by atoms with E-state index in [1.807, 2.05) is 0 Å². The number of rotatable bonds is 3. The Morgan fingerprint density at radius 1 is 1.00 bits per heavy atom. The van der Waals surface area contributed by atoms with Crippen molar-refractivity contribution in [3.8, 4) is 11.3 Å². The van der Waals surface area contributed by atoms with E-state index in [1.54, 1.807) is 5.56 Å². The SMILES string of the molecule is CCC1(CC)c2c(C)cc(C)cc2-c2c3cc(C(C)C)ccc3cc[n+]2C1C. The normalized spacial score (nSPS) is 17.6. The zero-order valence-corrected chi connectivity index (χ0v) is 18.6. The van der Waals surface area contributed by atoms with Crippen molar-refractivity contribution in [3.05, 3.63) is 64.8 Å². The average Bonchev–Trinajstić information content (AvgIpc) is 2.68. The van der Waals surface area contributed by atoms with E-state index >= 15 is 0 Å². The maximum absolute atomic E-state index is 2.57. The number of hydrogen-bond acceptors (Lipinski definition) is 0. The number of aromatic nitrogens is 1. The van der Waals surface area contributed by atoms with Crippen molar-refractivity contribution in [2.45, 2.75) is 78.7 Å². The van der Waals surface area contributed by atoms with Crippen LogP contribution in [0, 0.1) is 13.8 Å². The lowest BCUT2D eigenvalue weighted by Crippen LogP contribution is -2.54. The highest BCUT2D eigenvalue weighted by atomic mass is 15.0. The summed E-state index contributed by atoms with van der Waals surface area (Å²) in [4.78, 5) is 0. The van der Waals surface area contributed by atoms with Gasteiger partial charge in [0.05, 0.1) is 16.4 Å². The molecule has 0 amide bonds. The predicted octanol–water partition coefficient (Wildman–Crippen LogP) is 7.17. The number of benzene rings is 2. The molecule has 0 N–H and O–H groups in total. The van der Waals surface area contributed by atoms with Crippen molar-refractivity contribution in [2.24, 2.45) is 0 Å². The number of hydrogen-bond donors (Lipinski definition) is 0. The van der Waals surface area contributed by atoms with Gasteiger partial charge in [-0.15, -0.1) is 0 Å². The summed E-state index contributed by atoms with van der Waals surface area (Å²) in [5.74, 6) is 0.537. The molecule has 2 heterocycles. The highest BCUT2D eigenvalue weighted by molar-refractivity contribution is 5.95. The van der Waals surface area contributed by atoms with Crippen LogP contribution in [0.15, 0.2) is 42.6 Å². The van der Waals surface area contributed by atoms with E-state index in [0.29, 0.717) is 12.0 Å². The molecule has 0 saturated carbocycles. The van der Waals surface area contributed by atoms with E-state index in [1.165, 1.54) is 38.7 Å². The zero-order chi connectivity index (χ0) is 20.2. The van der Waals surface area contributed by atoms with Crippen LogP contribution in [-0.4, -0.2) is 0 Å². The van der Waals surface area contributed by atoms with Gasteiger partial charge in [0, 0.05) is 6.07 Å². The first kappa shape index (κ1) is 19.2. The van der Waals surface area contributed by atoms with Crippen LogP contribution in [-0.2, 0) is 5.41 Å². The largest absolute Gasteiger partial charge is 0.220 e. The minimum Gasteiger partial charge on any atom is -0.194 e. The fourth-order valence-electron chi connectivity index (χ4n) is 5.75. The van der Waals surface area contributed by atoms with Gasteiger partial charge in [-0.25, -0.2) is 0 Å². The van der Waals surface area contributed by atoms with Gasteiger partial charge >= 0.3 is 0 Å². The van der Waals surface area contributed by atoms with Gasteiger partial charge in [-0.3, -0.25) is 0 Å². The van der Waals surface area contributed by atoms with Crippen LogP contribution in [0.1, 0.15) is 81.7 Å². The van der Waals surface area contributed by atoms with E-state index in [9.17, 15) is 0 Å². The lowest BCUT2D eigenvalue weighted by molar-refractivity contribution is -0.720.